The molecule has 1 aliphatic rings. The molecule has 6 nitrogen and oxygen atoms in total. The smallest absolute Gasteiger partial charge is 0.271 e. The lowest BCUT2D eigenvalue weighted by Gasteiger charge is -2.25. The first-order valence-corrected chi connectivity index (χ1v) is 8.15. The minimum Gasteiger partial charge on any atom is -0.388 e. The maximum atomic E-state index is 12.3. The number of carbonyl (C=O) groups is 1. The minimum absolute atomic E-state index is 0.160. The number of halogens is 1. The van der Waals surface area contributed by atoms with Crippen molar-refractivity contribution in [1.29, 1.82) is 0 Å². The number of carbonyl (C=O) groups excluding carboxylic acids is 1. The van der Waals surface area contributed by atoms with Gasteiger partial charge in [0.25, 0.3) is 5.91 Å². The van der Waals surface area contributed by atoms with Gasteiger partial charge in [-0.15, -0.1) is 0 Å². The SMILES string of the molecule is CCC(O)(CC)CNC(=O)c1nc(N2CCCC2)ncc1Cl. The lowest BCUT2D eigenvalue weighted by molar-refractivity contribution is 0.0313. The molecule has 1 aromatic heterocycles. The third-order valence-corrected chi connectivity index (χ3v) is 4.51. The summed E-state index contributed by atoms with van der Waals surface area (Å²) in [6.45, 7) is 5.75. The highest BCUT2D eigenvalue weighted by Gasteiger charge is 2.25. The van der Waals surface area contributed by atoms with Crippen LogP contribution in [0.1, 0.15) is 50.0 Å². The maximum Gasteiger partial charge on any atom is 0.271 e. The van der Waals surface area contributed by atoms with E-state index in [0.29, 0.717) is 18.8 Å². The highest BCUT2D eigenvalue weighted by atomic mass is 35.5. The van der Waals surface area contributed by atoms with Crippen LogP contribution in [0.3, 0.4) is 0 Å². The van der Waals surface area contributed by atoms with Gasteiger partial charge in [0.2, 0.25) is 5.95 Å². The molecular weight excluding hydrogens is 304 g/mol. The summed E-state index contributed by atoms with van der Waals surface area (Å²) in [5, 5.41) is 13.2. The van der Waals surface area contributed by atoms with E-state index in [0.717, 1.165) is 25.9 Å². The van der Waals surface area contributed by atoms with E-state index in [2.05, 4.69) is 15.3 Å². The van der Waals surface area contributed by atoms with Gasteiger partial charge in [0.1, 0.15) is 0 Å². The second kappa shape index (κ2) is 7.24. The van der Waals surface area contributed by atoms with Crippen molar-refractivity contribution in [2.45, 2.75) is 45.1 Å². The van der Waals surface area contributed by atoms with Crippen LogP contribution in [0.4, 0.5) is 5.95 Å². The first kappa shape index (κ1) is 17.0. The molecule has 0 unspecified atom stereocenters. The Morgan fingerprint density at radius 2 is 2.05 bits per heavy atom. The average Bonchev–Trinajstić information content (AvgIpc) is 3.07. The molecule has 0 spiro atoms. The molecule has 1 fully saturated rings. The predicted molar refractivity (Wildman–Crippen MR) is 86.4 cm³/mol. The standard InChI is InChI=1S/C15H23ClN4O2/c1-3-15(22,4-2)10-18-13(21)12-11(16)9-17-14(19-12)20-7-5-6-8-20/h9,22H,3-8,10H2,1-2H3,(H,18,21). The van der Waals surface area contributed by atoms with Gasteiger partial charge < -0.3 is 15.3 Å². The molecule has 0 atom stereocenters. The summed E-state index contributed by atoms with van der Waals surface area (Å²) in [6.07, 6.45) is 4.81. The van der Waals surface area contributed by atoms with Gasteiger partial charge in [-0.3, -0.25) is 4.79 Å². The molecule has 2 N–H and O–H groups in total. The van der Waals surface area contributed by atoms with E-state index in [9.17, 15) is 9.90 Å². The second-order valence-electron chi connectivity index (χ2n) is 5.67. The highest BCUT2D eigenvalue weighted by Crippen LogP contribution is 2.20. The molecule has 0 radical (unpaired) electrons. The topological polar surface area (TPSA) is 78.3 Å². The van der Waals surface area contributed by atoms with E-state index in [-0.39, 0.29) is 23.2 Å². The van der Waals surface area contributed by atoms with Crippen LogP contribution >= 0.6 is 11.6 Å². The third-order valence-electron chi connectivity index (χ3n) is 4.23. The fourth-order valence-electron chi connectivity index (χ4n) is 2.42. The zero-order valence-electron chi connectivity index (χ0n) is 13.1. The fourth-order valence-corrected chi connectivity index (χ4v) is 2.59. The summed E-state index contributed by atoms with van der Waals surface area (Å²) >= 11 is 6.05. The number of anilines is 1. The molecule has 122 valence electrons. The van der Waals surface area contributed by atoms with Gasteiger partial charge in [-0.2, -0.15) is 0 Å². The van der Waals surface area contributed by atoms with Crippen molar-refractivity contribution in [3.63, 3.8) is 0 Å². The highest BCUT2D eigenvalue weighted by molar-refractivity contribution is 6.33. The number of nitrogens with one attached hydrogen (secondary N) is 1. The molecular formula is C15H23ClN4O2. The molecule has 0 bridgehead atoms. The molecule has 1 amide bonds. The van der Waals surface area contributed by atoms with Gasteiger partial charge in [0.05, 0.1) is 16.8 Å². The summed E-state index contributed by atoms with van der Waals surface area (Å²) in [4.78, 5) is 22.8. The lowest BCUT2D eigenvalue weighted by Crippen LogP contribution is -2.42. The Balaban J connectivity index is 2.10. The van der Waals surface area contributed by atoms with Crippen LogP contribution in [-0.4, -0.2) is 46.2 Å². The Morgan fingerprint density at radius 1 is 1.41 bits per heavy atom. The van der Waals surface area contributed by atoms with Crippen LogP contribution in [0.25, 0.3) is 0 Å². The molecule has 1 aliphatic heterocycles. The van der Waals surface area contributed by atoms with Crippen LogP contribution in [0, 0.1) is 0 Å². The monoisotopic (exact) mass is 326 g/mol. The minimum atomic E-state index is -0.896. The van der Waals surface area contributed by atoms with Crippen molar-refractivity contribution in [2.24, 2.45) is 0 Å². The second-order valence-corrected chi connectivity index (χ2v) is 6.08. The molecule has 1 saturated heterocycles. The average molecular weight is 327 g/mol. The van der Waals surface area contributed by atoms with Gasteiger partial charge >= 0.3 is 0 Å². The predicted octanol–water partition coefficient (Wildman–Crippen LogP) is 2.01. The molecule has 0 aliphatic carbocycles. The number of aliphatic hydroxyl groups is 1. The summed E-state index contributed by atoms with van der Waals surface area (Å²) in [5.41, 5.74) is -0.736. The van der Waals surface area contributed by atoms with Gasteiger partial charge in [-0.1, -0.05) is 25.4 Å². The van der Waals surface area contributed by atoms with Crippen LogP contribution in [0.2, 0.25) is 5.02 Å². The zero-order valence-corrected chi connectivity index (χ0v) is 13.9. The Bertz CT molecular complexity index is 528. The van der Waals surface area contributed by atoms with Crippen molar-refractivity contribution < 1.29 is 9.90 Å². The van der Waals surface area contributed by atoms with Gasteiger partial charge in [-0.05, 0) is 25.7 Å². The number of nitrogens with zero attached hydrogens (tertiary/aromatic N) is 3. The van der Waals surface area contributed by atoms with Crippen molar-refractivity contribution in [1.82, 2.24) is 15.3 Å². The molecule has 22 heavy (non-hydrogen) atoms. The first-order chi connectivity index (χ1) is 10.5. The first-order valence-electron chi connectivity index (χ1n) is 7.77. The summed E-state index contributed by atoms with van der Waals surface area (Å²) < 4.78 is 0. The van der Waals surface area contributed by atoms with E-state index < -0.39 is 5.60 Å². The van der Waals surface area contributed by atoms with Gasteiger partial charge in [-0.25, -0.2) is 9.97 Å². The molecule has 7 heteroatoms. The normalized spacial score (nSPS) is 15.2. The van der Waals surface area contributed by atoms with Crippen molar-refractivity contribution >= 4 is 23.5 Å². The molecule has 1 aromatic rings. The maximum absolute atomic E-state index is 12.3. The van der Waals surface area contributed by atoms with Crippen LogP contribution in [-0.2, 0) is 0 Å². The van der Waals surface area contributed by atoms with Crippen LogP contribution in [0.15, 0.2) is 6.20 Å². The molecule has 2 heterocycles. The Labute approximate surface area is 135 Å². The van der Waals surface area contributed by atoms with E-state index in [4.69, 9.17) is 11.6 Å². The number of hydrogen-bond donors (Lipinski definition) is 2. The van der Waals surface area contributed by atoms with Crippen molar-refractivity contribution in [2.75, 3.05) is 24.5 Å². The summed E-state index contributed by atoms with van der Waals surface area (Å²) in [5.74, 6) is 0.154. The summed E-state index contributed by atoms with van der Waals surface area (Å²) in [6, 6.07) is 0. The van der Waals surface area contributed by atoms with Crippen molar-refractivity contribution in [3.05, 3.63) is 16.9 Å². The van der Waals surface area contributed by atoms with E-state index in [1.54, 1.807) is 0 Å². The van der Waals surface area contributed by atoms with Crippen LogP contribution in [0.5, 0.6) is 0 Å². The molecule has 2 rings (SSSR count). The number of amides is 1. The van der Waals surface area contributed by atoms with Crippen molar-refractivity contribution in [3.8, 4) is 0 Å². The van der Waals surface area contributed by atoms with E-state index >= 15 is 0 Å². The Hall–Kier alpha value is -1.40. The third kappa shape index (κ3) is 3.87. The zero-order chi connectivity index (χ0) is 16.2. The summed E-state index contributed by atoms with van der Waals surface area (Å²) in [7, 11) is 0. The Morgan fingerprint density at radius 3 is 2.64 bits per heavy atom. The lowest BCUT2D eigenvalue weighted by atomic mass is 9.97. The van der Waals surface area contributed by atoms with E-state index in [1.165, 1.54) is 6.20 Å². The van der Waals surface area contributed by atoms with Gasteiger partial charge in [0, 0.05) is 19.6 Å². The number of rotatable bonds is 6. The number of aromatic nitrogens is 2. The quantitative estimate of drug-likeness (QED) is 0.836. The fraction of sp³-hybridized carbons (Fsp3) is 0.667. The molecule has 0 saturated carbocycles. The van der Waals surface area contributed by atoms with Crippen LogP contribution < -0.4 is 10.2 Å². The van der Waals surface area contributed by atoms with Gasteiger partial charge in [0.15, 0.2) is 5.69 Å². The largest absolute Gasteiger partial charge is 0.388 e. The molecule has 0 aromatic carbocycles. The van der Waals surface area contributed by atoms with E-state index in [1.807, 2.05) is 18.7 Å². The Kier molecular flexibility index (Phi) is 5.58. The number of hydrogen-bond acceptors (Lipinski definition) is 5.